The fraction of sp³-hybridized carbons (Fsp3) is 0.364. The lowest BCUT2D eigenvalue weighted by molar-refractivity contribution is 0.0520. The van der Waals surface area contributed by atoms with Gasteiger partial charge >= 0.3 is 5.97 Å². The van der Waals surface area contributed by atoms with Crippen LogP contribution in [0.25, 0.3) is 0 Å². The van der Waals surface area contributed by atoms with Crippen LogP contribution in [0, 0.1) is 5.82 Å². The minimum Gasteiger partial charge on any atom is -0.462 e. The summed E-state index contributed by atoms with van der Waals surface area (Å²) in [6.45, 7) is 3.95. The molecule has 0 bridgehead atoms. The van der Waals surface area contributed by atoms with Crippen LogP contribution in [0.5, 0.6) is 0 Å². The number of halogens is 1. The molecular weight excluding hydrogens is 215 g/mol. The molecule has 0 aliphatic rings. The zero-order valence-corrected chi connectivity index (χ0v) is 9.57. The van der Waals surface area contributed by atoms with Crippen LogP contribution in [0.3, 0.4) is 0 Å². The molecule has 4 heteroatoms. The molecule has 0 aliphatic carbocycles. The van der Waals surface area contributed by atoms with Gasteiger partial charge in [-0.15, -0.1) is 11.8 Å². The number of hydrogen-bond acceptors (Lipinski definition) is 3. The van der Waals surface area contributed by atoms with E-state index in [1.165, 1.54) is 12.1 Å². The van der Waals surface area contributed by atoms with E-state index in [4.69, 9.17) is 4.74 Å². The van der Waals surface area contributed by atoms with Gasteiger partial charge in [-0.1, -0.05) is 6.92 Å². The standard InChI is InChI=1S/C11H13FO2S/c1-3-14-11(13)9-7-8(15-4-2)5-6-10(9)12/h5-7H,3-4H2,1-2H3. The van der Waals surface area contributed by atoms with Crippen molar-refractivity contribution in [1.82, 2.24) is 0 Å². The number of rotatable bonds is 4. The molecule has 1 rings (SSSR count). The van der Waals surface area contributed by atoms with E-state index in [9.17, 15) is 9.18 Å². The van der Waals surface area contributed by atoms with E-state index in [-0.39, 0.29) is 12.2 Å². The van der Waals surface area contributed by atoms with E-state index in [1.54, 1.807) is 24.8 Å². The van der Waals surface area contributed by atoms with E-state index in [0.717, 1.165) is 10.6 Å². The molecule has 2 nitrogen and oxygen atoms in total. The van der Waals surface area contributed by atoms with E-state index in [0.29, 0.717) is 0 Å². The Bertz CT molecular complexity index is 352. The van der Waals surface area contributed by atoms with Crippen LogP contribution in [0.15, 0.2) is 23.1 Å². The van der Waals surface area contributed by atoms with Crippen molar-refractivity contribution in [3.63, 3.8) is 0 Å². The summed E-state index contributed by atoms with van der Waals surface area (Å²) in [5, 5.41) is 0. The number of esters is 1. The topological polar surface area (TPSA) is 26.3 Å². The average molecular weight is 228 g/mol. The molecule has 0 saturated carbocycles. The highest BCUT2D eigenvalue weighted by Crippen LogP contribution is 2.21. The number of hydrogen-bond donors (Lipinski definition) is 0. The maximum absolute atomic E-state index is 13.3. The van der Waals surface area contributed by atoms with Crippen LogP contribution in [0.2, 0.25) is 0 Å². The number of ether oxygens (including phenoxy) is 1. The predicted molar refractivity (Wildman–Crippen MR) is 58.8 cm³/mol. The van der Waals surface area contributed by atoms with Crippen molar-refractivity contribution < 1.29 is 13.9 Å². The first-order chi connectivity index (χ1) is 7.19. The first kappa shape index (κ1) is 12.0. The molecule has 0 unspecified atom stereocenters. The second-order valence-corrected chi connectivity index (χ2v) is 4.13. The quantitative estimate of drug-likeness (QED) is 0.585. The zero-order chi connectivity index (χ0) is 11.3. The van der Waals surface area contributed by atoms with E-state index < -0.39 is 11.8 Å². The number of carbonyl (C=O) groups is 1. The SMILES string of the molecule is CCOC(=O)c1cc(SCC)ccc1F. The van der Waals surface area contributed by atoms with Crippen LogP contribution in [0.4, 0.5) is 4.39 Å². The summed E-state index contributed by atoms with van der Waals surface area (Å²) in [4.78, 5) is 12.2. The smallest absolute Gasteiger partial charge is 0.341 e. The molecule has 0 spiro atoms. The predicted octanol–water partition coefficient (Wildman–Crippen LogP) is 3.11. The van der Waals surface area contributed by atoms with Crippen molar-refractivity contribution in [2.24, 2.45) is 0 Å². The number of thioether (sulfide) groups is 1. The molecule has 0 radical (unpaired) electrons. The summed E-state index contributed by atoms with van der Waals surface area (Å²) in [6, 6.07) is 4.48. The molecule has 0 heterocycles. The van der Waals surface area contributed by atoms with E-state index >= 15 is 0 Å². The van der Waals surface area contributed by atoms with Crippen LogP contribution < -0.4 is 0 Å². The van der Waals surface area contributed by atoms with Gasteiger partial charge in [-0.05, 0) is 30.9 Å². The van der Waals surface area contributed by atoms with E-state index in [2.05, 4.69) is 0 Å². The summed E-state index contributed by atoms with van der Waals surface area (Å²) in [5.41, 5.74) is 0.00954. The Labute approximate surface area is 92.8 Å². The molecule has 0 aromatic heterocycles. The first-order valence-electron chi connectivity index (χ1n) is 4.78. The monoisotopic (exact) mass is 228 g/mol. The fourth-order valence-electron chi connectivity index (χ4n) is 1.13. The van der Waals surface area contributed by atoms with Gasteiger partial charge in [0, 0.05) is 4.90 Å². The van der Waals surface area contributed by atoms with Gasteiger partial charge in [-0.25, -0.2) is 9.18 Å². The Hall–Kier alpha value is -1.03. The van der Waals surface area contributed by atoms with Crippen molar-refractivity contribution in [3.05, 3.63) is 29.6 Å². The summed E-state index contributed by atoms with van der Waals surface area (Å²) >= 11 is 1.56. The maximum Gasteiger partial charge on any atom is 0.341 e. The first-order valence-corrected chi connectivity index (χ1v) is 5.77. The lowest BCUT2D eigenvalue weighted by Gasteiger charge is -2.05. The lowest BCUT2D eigenvalue weighted by atomic mass is 10.2. The summed E-state index contributed by atoms with van der Waals surface area (Å²) in [6.07, 6.45) is 0. The molecule has 1 aromatic carbocycles. The molecular formula is C11H13FO2S. The molecule has 0 atom stereocenters. The van der Waals surface area contributed by atoms with Crippen LogP contribution in [-0.4, -0.2) is 18.3 Å². The van der Waals surface area contributed by atoms with Gasteiger partial charge in [-0.2, -0.15) is 0 Å². The Morgan fingerprint density at radius 2 is 2.20 bits per heavy atom. The fourth-order valence-corrected chi connectivity index (χ4v) is 1.82. The maximum atomic E-state index is 13.3. The Morgan fingerprint density at radius 1 is 1.47 bits per heavy atom. The van der Waals surface area contributed by atoms with Crippen LogP contribution >= 0.6 is 11.8 Å². The Balaban J connectivity index is 2.94. The highest BCUT2D eigenvalue weighted by atomic mass is 32.2. The zero-order valence-electron chi connectivity index (χ0n) is 8.75. The van der Waals surface area contributed by atoms with Crippen molar-refractivity contribution in [1.29, 1.82) is 0 Å². The van der Waals surface area contributed by atoms with Crippen molar-refractivity contribution in [3.8, 4) is 0 Å². The van der Waals surface area contributed by atoms with Crippen molar-refractivity contribution in [2.45, 2.75) is 18.7 Å². The van der Waals surface area contributed by atoms with E-state index in [1.807, 2.05) is 6.92 Å². The van der Waals surface area contributed by atoms with Crippen molar-refractivity contribution in [2.75, 3.05) is 12.4 Å². The molecule has 0 amide bonds. The Kier molecular flexibility index (Phi) is 4.62. The number of carbonyl (C=O) groups excluding carboxylic acids is 1. The van der Waals surface area contributed by atoms with Crippen LogP contribution in [0.1, 0.15) is 24.2 Å². The normalized spacial score (nSPS) is 10.1. The van der Waals surface area contributed by atoms with Gasteiger partial charge in [0.15, 0.2) is 0 Å². The second kappa shape index (κ2) is 5.75. The minimum absolute atomic E-state index is 0.00954. The van der Waals surface area contributed by atoms with Gasteiger partial charge in [0.2, 0.25) is 0 Å². The molecule has 0 fully saturated rings. The third-order valence-corrected chi connectivity index (χ3v) is 2.62. The summed E-state index contributed by atoms with van der Waals surface area (Å²) in [7, 11) is 0. The van der Waals surface area contributed by atoms with Gasteiger partial charge in [0.25, 0.3) is 0 Å². The third kappa shape index (κ3) is 3.23. The summed E-state index contributed by atoms with van der Waals surface area (Å²) < 4.78 is 18.0. The molecule has 0 aliphatic heterocycles. The molecule has 0 saturated heterocycles. The highest BCUT2D eigenvalue weighted by Gasteiger charge is 2.13. The molecule has 15 heavy (non-hydrogen) atoms. The van der Waals surface area contributed by atoms with Gasteiger partial charge in [0.1, 0.15) is 5.82 Å². The highest BCUT2D eigenvalue weighted by molar-refractivity contribution is 7.99. The molecule has 0 N–H and O–H groups in total. The third-order valence-electron chi connectivity index (χ3n) is 1.74. The van der Waals surface area contributed by atoms with Gasteiger partial charge in [-0.3, -0.25) is 0 Å². The number of benzene rings is 1. The second-order valence-electron chi connectivity index (χ2n) is 2.80. The van der Waals surface area contributed by atoms with Crippen LogP contribution in [-0.2, 0) is 4.74 Å². The average Bonchev–Trinajstić information content (AvgIpc) is 2.21. The van der Waals surface area contributed by atoms with Gasteiger partial charge < -0.3 is 4.74 Å². The molecule has 1 aromatic rings. The molecule has 82 valence electrons. The Morgan fingerprint density at radius 3 is 2.80 bits per heavy atom. The minimum atomic E-state index is -0.603. The summed E-state index contributed by atoms with van der Waals surface area (Å²) in [5.74, 6) is -0.254. The largest absolute Gasteiger partial charge is 0.462 e. The van der Waals surface area contributed by atoms with Gasteiger partial charge in [0.05, 0.1) is 12.2 Å². The lowest BCUT2D eigenvalue weighted by Crippen LogP contribution is -2.07. The van der Waals surface area contributed by atoms with Crippen molar-refractivity contribution >= 4 is 17.7 Å².